The molecular formula is C38H44N6O3. The zero-order valence-electron chi connectivity index (χ0n) is 28.2. The lowest BCUT2D eigenvalue weighted by Crippen LogP contribution is -2.44. The molecule has 3 atom stereocenters. The maximum Gasteiger partial charge on any atom is 0.324 e. The molecule has 0 spiro atoms. The Hall–Kier alpha value is -5.05. The highest BCUT2D eigenvalue weighted by atomic mass is 16.5. The number of aryl methyl sites for hydroxylation is 2. The van der Waals surface area contributed by atoms with Crippen LogP contribution in [0.4, 0.5) is 21.1 Å². The summed E-state index contributed by atoms with van der Waals surface area (Å²) < 4.78 is 8.23. The summed E-state index contributed by atoms with van der Waals surface area (Å²) in [5.41, 5.74) is 5.11. The van der Waals surface area contributed by atoms with Gasteiger partial charge in [0, 0.05) is 35.2 Å². The summed E-state index contributed by atoms with van der Waals surface area (Å²) in [5.74, 6) is 1.92. The number of fused-ring (bicyclic) bond motifs is 2. The maximum atomic E-state index is 13.5. The molecule has 2 aliphatic rings. The van der Waals surface area contributed by atoms with Crippen LogP contribution in [0.5, 0.6) is 5.75 Å². The summed E-state index contributed by atoms with van der Waals surface area (Å²) in [6, 6.07) is 19.3. The van der Waals surface area contributed by atoms with E-state index in [1.165, 1.54) is 0 Å². The van der Waals surface area contributed by atoms with Gasteiger partial charge in [-0.1, -0.05) is 88.7 Å². The van der Waals surface area contributed by atoms with Crippen molar-refractivity contribution < 1.29 is 14.3 Å². The topological polar surface area (TPSA) is 109 Å². The van der Waals surface area contributed by atoms with Crippen LogP contribution in [0.2, 0.25) is 0 Å². The van der Waals surface area contributed by atoms with Gasteiger partial charge in [0.15, 0.2) is 0 Å². The van der Waals surface area contributed by atoms with Gasteiger partial charge in [-0.15, -0.1) is 0 Å². The monoisotopic (exact) mass is 632 g/mol. The van der Waals surface area contributed by atoms with Crippen molar-refractivity contribution in [2.45, 2.75) is 58.9 Å². The first-order valence-corrected chi connectivity index (χ1v) is 16.3. The molecule has 1 heterocycles. The fourth-order valence-corrected chi connectivity index (χ4v) is 6.46. The number of nitrogens with zero attached hydrogens (tertiary/aromatic N) is 2. The Morgan fingerprint density at radius 1 is 1.02 bits per heavy atom. The molecule has 9 nitrogen and oxygen atoms in total. The highest BCUT2D eigenvalue weighted by molar-refractivity contribution is 6.08. The van der Waals surface area contributed by atoms with Crippen molar-refractivity contribution in [2.24, 2.45) is 11.8 Å². The second kappa shape index (κ2) is 12.3. The summed E-state index contributed by atoms with van der Waals surface area (Å²) in [6.45, 7) is 13.0. The fourth-order valence-electron chi connectivity index (χ4n) is 6.46. The molecule has 1 saturated carbocycles. The lowest BCUT2D eigenvalue weighted by molar-refractivity contribution is 0.239. The summed E-state index contributed by atoms with van der Waals surface area (Å²) in [5, 5.41) is 18.6. The molecule has 4 aromatic rings. The standard InChI is InChI=1S/C38H44N6O3/c1-8-26-10-9-11-28-30(40-36(46)41-33-20-32(37(4,5)6)43-44(33)27-15-12-23(2)13-16-27)18-19-31(34(26)28)47-22-25-14-17-29-24(3)38(29,21-25)42-35(45)39-7/h9-21,24,29H,8,22H2,1-7H3,(H2,39,42,45)(H2,40,41,46). The Balaban J connectivity index is 1.25. The van der Waals surface area contributed by atoms with Crippen molar-refractivity contribution in [2.75, 3.05) is 24.3 Å². The molecule has 244 valence electrons. The van der Waals surface area contributed by atoms with Crippen LogP contribution < -0.4 is 26.0 Å². The molecule has 3 aromatic carbocycles. The van der Waals surface area contributed by atoms with Crippen molar-refractivity contribution in [3.05, 3.63) is 101 Å². The summed E-state index contributed by atoms with van der Waals surface area (Å²) >= 11 is 0. The minimum Gasteiger partial charge on any atom is -0.488 e. The third-order valence-corrected chi connectivity index (χ3v) is 9.34. The average Bonchev–Trinajstić information content (AvgIpc) is 3.36. The van der Waals surface area contributed by atoms with Gasteiger partial charge in [0.05, 0.1) is 22.6 Å². The van der Waals surface area contributed by atoms with Gasteiger partial charge in [-0.05, 0) is 54.7 Å². The Bertz CT molecular complexity index is 1900. The van der Waals surface area contributed by atoms with Gasteiger partial charge in [-0.25, -0.2) is 14.3 Å². The zero-order valence-corrected chi connectivity index (χ0v) is 28.2. The number of rotatable bonds is 8. The van der Waals surface area contributed by atoms with Crippen LogP contribution in [0.3, 0.4) is 0 Å². The summed E-state index contributed by atoms with van der Waals surface area (Å²) in [7, 11) is 1.63. The van der Waals surface area contributed by atoms with Crippen LogP contribution in [0, 0.1) is 18.8 Å². The van der Waals surface area contributed by atoms with E-state index in [2.05, 4.69) is 80.2 Å². The highest BCUT2D eigenvalue weighted by Crippen LogP contribution is 2.54. The normalized spacial score (nSPS) is 19.9. The number of hydrogen-bond acceptors (Lipinski definition) is 4. The fraction of sp³-hybridized carbons (Fsp3) is 0.342. The largest absolute Gasteiger partial charge is 0.488 e. The van der Waals surface area contributed by atoms with Crippen molar-refractivity contribution in [3.8, 4) is 11.4 Å². The maximum absolute atomic E-state index is 13.5. The molecule has 0 saturated heterocycles. The number of anilines is 2. The third kappa shape index (κ3) is 6.22. The molecule has 6 rings (SSSR count). The number of aromatic nitrogens is 2. The highest BCUT2D eigenvalue weighted by Gasteiger charge is 2.61. The van der Waals surface area contributed by atoms with Crippen LogP contribution in [-0.2, 0) is 11.8 Å². The SMILES string of the molecule is CCc1cccc2c(NC(=O)Nc3cc(C(C)(C)C)nn3-c3ccc(C)cc3)ccc(OCC3=CC4(NC(=O)NC)C(C)C4C=C3)c12. The van der Waals surface area contributed by atoms with Crippen molar-refractivity contribution >= 4 is 34.3 Å². The second-order valence-corrected chi connectivity index (χ2v) is 13.6. The number of nitrogens with one attached hydrogen (secondary N) is 4. The molecule has 0 radical (unpaired) electrons. The van der Waals surface area contributed by atoms with Crippen molar-refractivity contribution in [1.29, 1.82) is 0 Å². The van der Waals surface area contributed by atoms with E-state index in [9.17, 15) is 9.59 Å². The van der Waals surface area contributed by atoms with Gasteiger partial charge in [-0.2, -0.15) is 5.10 Å². The van der Waals surface area contributed by atoms with E-state index in [1.54, 1.807) is 11.7 Å². The molecule has 0 aliphatic heterocycles. The van der Waals surface area contributed by atoms with Gasteiger partial charge >= 0.3 is 12.1 Å². The predicted octanol–water partition coefficient (Wildman–Crippen LogP) is 7.65. The van der Waals surface area contributed by atoms with Gasteiger partial charge in [0.2, 0.25) is 0 Å². The smallest absolute Gasteiger partial charge is 0.324 e. The van der Waals surface area contributed by atoms with Gasteiger partial charge in [-0.3, -0.25) is 5.32 Å². The molecular weight excluding hydrogens is 588 g/mol. The molecule has 3 unspecified atom stereocenters. The third-order valence-electron chi connectivity index (χ3n) is 9.34. The molecule has 1 aromatic heterocycles. The van der Waals surface area contributed by atoms with E-state index in [0.717, 1.165) is 51.0 Å². The van der Waals surface area contributed by atoms with Crippen LogP contribution in [0.15, 0.2) is 84.5 Å². The molecule has 47 heavy (non-hydrogen) atoms. The van der Waals surface area contributed by atoms with E-state index in [-0.39, 0.29) is 28.9 Å². The molecule has 0 bridgehead atoms. The van der Waals surface area contributed by atoms with Crippen molar-refractivity contribution in [1.82, 2.24) is 20.4 Å². The van der Waals surface area contributed by atoms with Crippen LogP contribution in [0.1, 0.15) is 51.4 Å². The van der Waals surface area contributed by atoms with Gasteiger partial charge in [0.25, 0.3) is 0 Å². The number of hydrogen-bond donors (Lipinski definition) is 4. The number of amides is 4. The van der Waals surface area contributed by atoms with E-state index < -0.39 is 0 Å². The van der Waals surface area contributed by atoms with E-state index in [1.807, 2.05) is 61.5 Å². The molecule has 9 heteroatoms. The second-order valence-electron chi connectivity index (χ2n) is 13.6. The van der Waals surface area contributed by atoms with E-state index >= 15 is 0 Å². The van der Waals surface area contributed by atoms with Crippen LogP contribution in [0.25, 0.3) is 16.5 Å². The number of carbonyl (C=O) groups is 2. The number of ether oxygens (including phenoxy) is 1. The summed E-state index contributed by atoms with van der Waals surface area (Å²) in [4.78, 5) is 25.7. The van der Waals surface area contributed by atoms with E-state index in [0.29, 0.717) is 24.0 Å². The zero-order chi connectivity index (χ0) is 33.5. The molecule has 2 aliphatic carbocycles. The Kier molecular flexibility index (Phi) is 8.34. The van der Waals surface area contributed by atoms with Crippen LogP contribution in [-0.4, -0.2) is 41.0 Å². The quantitative estimate of drug-likeness (QED) is 0.160. The number of urea groups is 2. The Labute approximate surface area is 276 Å². The lowest BCUT2D eigenvalue weighted by atomic mass is 9.92. The van der Waals surface area contributed by atoms with Crippen LogP contribution >= 0.6 is 0 Å². The molecule has 4 N–H and O–H groups in total. The molecule has 1 fully saturated rings. The predicted molar refractivity (Wildman–Crippen MR) is 189 cm³/mol. The average molecular weight is 633 g/mol. The van der Waals surface area contributed by atoms with Gasteiger partial charge in [0.1, 0.15) is 18.2 Å². The Morgan fingerprint density at radius 2 is 1.79 bits per heavy atom. The van der Waals surface area contributed by atoms with Crippen molar-refractivity contribution in [3.63, 3.8) is 0 Å². The first kappa shape index (κ1) is 31.9. The minimum absolute atomic E-state index is 0.189. The molecule has 4 amide bonds. The van der Waals surface area contributed by atoms with Gasteiger partial charge < -0.3 is 20.7 Å². The number of carbonyl (C=O) groups excluding carboxylic acids is 2. The van der Waals surface area contributed by atoms with E-state index in [4.69, 9.17) is 9.84 Å². The first-order chi connectivity index (χ1) is 22.4. The Morgan fingerprint density at radius 3 is 2.49 bits per heavy atom. The first-order valence-electron chi connectivity index (χ1n) is 16.3. The number of benzene rings is 3. The minimum atomic E-state index is -0.381. The lowest BCUT2D eigenvalue weighted by Gasteiger charge is -2.21. The summed E-state index contributed by atoms with van der Waals surface area (Å²) in [6.07, 6.45) is 7.19.